The van der Waals surface area contributed by atoms with Gasteiger partial charge in [0.15, 0.2) is 0 Å². The molecule has 3 fully saturated rings. The number of hydrogen-bond acceptors (Lipinski definition) is 3. The fraction of sp³-hybridized carbons (Fsp3) is 0.938. The van der Waals surface area contributed by atoms with E-state index in [0.29, 0.717) is 39.3 Å². The number of piperidine rings is 1. The predicted molar refractivity (Wildman–Crippen MR) is 89.1 cm³/mol. The lowest BCUT2D eigenvalue weighted by Crippen LogP contribution is -2.55. The molecule has 0 atom stereocenters. The fourth-order valence-corrected chi connectivity index (χ4v) is 5.68. The summed E-state index contributed by atoms with van der Waals surface area (Å²) >= 11 is 0. The number of hydrogen-bond donors (Lipinski definition) is 0. The summed E-state index contributed by atoms with van der Waals surface area (Å²) in [5.41, 5.74) is 0. The fourth-order valence-electron chi connectivity index (χ4n) is 4.01. The van der Waals surface area contributed by atoms with Gasteiger partial charge in [0.1, 0.15) is 0 Å². The molecule has 1 amide bonds. The first kappa shape index (κ1) is 17.2. The zero-order valence-corrected chi connectivity index (χ0v) is 14.8. The smallest absolute Gasteiger partial charge is 0.282 e. The Kier molecular flexibility index (Phi) is 5.59. The van der Waals surface area contributed by atoms with Crippen molar-refractivity contribution in [2.45, 2.75) is 51.4 Å². The minimum Gasteiger partial charge on any atom is -0.340 e. The molecule has 0 spiro atoms. The molecule has 2 aliphatic heterocycles. The summed E-state index contributed by atoms with van der Waals surface area (Å²) in [6.45, 7) is 3.26. The first-order valence-electron chi connectivity index (χ1n) is 9.13. The molecule has 132 valence electrons. The Labute approximate surface area is 140 Å². The highest BCUT2D eigenvalue weighted by molar-refractivity contribution is 7.86. The van der Waals surface area contributed by atoms with Crippen LogP contribution in [-0.4, -0.2) is 67.1 Å². The maximum atomic E-state index is 12.7. The minimum atomic E-state index is -3.33. The molecule has 2 heterocycles. The molecule has 23 heavy (non-hydrogen) atoms. The van der Waals surface area contributed by atoms with Crippen molar-refractivity contribution in [2.24, 2.45) is 5.92 Å². The Bertz CT molecular complexity index is 503. The molecule has 0 radical (unpaired) electrons. The van der Waals surface area contributed by atoms with Crippen LogP contribution in [0.2, 0.25) is 0 Å². The maximum Gasteiger partial charge on any atom is 0.282 e. The summed E-state index contributed by atoms with van der Waals surface area (Å²) in [6, 6.07) is 0. The van der Waals surface area contributed by atoms with Gasteiger partial charge < -0.3 is 4.90 Å². The van der Waals surface area contributed by atoms with E-state index in [0.717, 1.165) is 44.9 Å². The normalized spacial score (nSPS) is 26.3. The van der Waals surface area contributed by atoms with Crippen LogP contribution in [0, 0.1) is 5.92 Å². The molecule has 0 aromatic heterocycles. The summed E-state index contributed by atoms with van der Waals surface area (Å²) in [5.74, 6) is 0.425. The predicted octanol–water partition coefficient (Wildman–Crippen LogP) is 1.44. The van der Waals surface area contributed by atoms with Gasteiger partial charge >= 0.3 is 0 Å². The maximum absolute atomic E-state index is 12.7. The molecule has 1 saturated carbocycles. The second-order valence-electron chi connectivity index (χ2n) is 7.03. The Balaban J connectivity index is 1.54. The van der Waals surface area contributed by atoms with Crippen LogP contribution in [0.1, 0.15) is 51.4 Å². The van der Waals surface area contributed by atoms with Gasteiger partial charge in [-0.15, -0.1) is 0 Å². The van der Waals surface area contributed by atoms with Crippen molar-refractivity contribution in [3.8, 4) is 0 Å². The average molecular weight is 343 g/mol. The third-order valence-corrected chi connectivity index (χ3v) is 7.51. The molecule has 0 aromatic rings. The number of nitrogens with zero attached hydrogens (tertiary/aromatic N) is 3. The van der Waals surface area contributed by atoms with Crippen LogP contribution in [0.25, 0.3) is 0 Å². The largest absolute Gasteiger partial charge is 0.340 e. The van der Waals surface area contributed by atoms with E-state index in [-0.39, 0.29) is 11.8 Å². The first-order chi connectivity index (χ1) is 11.1. The number of carbonyl (C=O) groups is 1. The summed E-state index contributed by atoms with van der Waals surface area (Å²) < 4.78 is 28.5. The van der Waals surface area contributed by atoms with Crippen LogP contribution in [-0.2, 0) is 15.0 Å². The van der Waals surface area contributed by atoms with E-state index < -0.39 is 10.2 Å². The standard InChI is InChI=1S/C16H29N3O3S/c20-16(15-7-3-1-4-8-15)17-11-13-19(14-12-17)23(21,22)18-9-5-2-6-10-18/h15H,1-14H2. The van der Waals surface area contributed by atoms with Crippen LogP contribution in [0.4, 0.5) is 0 Å². The monoisotopic (exact) mass is 343 g/mol. The van der Waals surface area contributed by atoms with E-state index in [4.69, 9.17) is 0 Å². The van der Waals surface area contributed by atoms with Gasteiger partial charge in [-0.2, -0.15) is 17.0 Å². The average Bonchev–Trinajstić information content (AvgIpc) is 2.63. The van der Waals surface area contributed by atoms with Crippen LogP contribution in [0.15, 0.2) is 0 Å². The van der Waals surface area contributed by atoms with Crippen molar-refractivity contribution in [3.05, 3.63) is 0 Å². The Morgan fingerprint density at radius 3 is 1.83 bits per heavy atom. The second-order valence-corrected chi connectivity index (χ2v) is 8.96. The third kappa shape index (κ3) is 3.88. The lowest BCUT2D eigenvalue weighted by atomic mass is 9.88. The van der Waals surface area contributed by atoms with E-state index in [1.54, 1.807) is 8.61 Å². The Morgan fingerprint density at radius 1 is 0.696 bits per heavy atom. The summed E-state index contributed by atoms with van der Waals surface area (Å²) in [4.78, 5) is 14.4. The van der Waals surface area contributed by atoms with E-state index in [1.807, 2.05) is 4.90 Å². The molecule has 3 aliphatic rings. The SMILES string of the molecule is O=C(C1CCCCC1)N1CCN(S(=O)(=O)N2CCCCC2)CC1. The van der Waals surface area contributed by atoms with Crippen LogP contribution in [0.3, 0.4) is 0 Å². The van der Waals surface area contributed by atoms with Gasteiger partial charge in [-0.25, -0.2) is 0 Å². The van der Waals surface area contributed by atoms with Crippen LogP contribution >= 0.6 is 0 Å². The third-order valence-electron chi connectivity index (χ3n) is 5.47. The molecule has 0 unspecified atom stereocenters. The lowest BCUT2D eigenvalue weighted by molar-refractivity contribution is -0.137. The van der Waals surface area contributed by atoms with Crippen LogP contribution in [0.5, 0.6) is 0 Å². The van der Waals surface area contributed by atoms with Gasteiger partial charge in [0.05, 0.1) is 0 Å². The van der Waals surface area contributed by atoms with E-state index >= 15 is 0 Å². The molecular weight excluding hydrogens is 314 g/mol. The second kappa shape index (κ2) is 7.49. The number of piperazine rings is 1. The minimum absolute atomic E-state index is 0.175. The number of carbonyl (C=O) groups excluding carboxylic acids is 1. The highest BCUT2D eigenvalue weighted by Gasteiger charge is 2.35. The molecule has 7 heteroatoms. The van der Waals surface area contributed by atoms with Gasteiger partial charge in [0.2, 0.25) is 5.91 Å². The van der Waals surface area contributed by atoms with Crippen molar-refractivity contribution >= 4 is 16.1 Å². The topological polar surface area (TPSA) is 60.9 Å². The zero-order chi connectivity index (χ0) is 16.3. The van der Waals surface area contributed by atoms with Gasteiger partial charge in [0, 0.05) is 45.2 Å². The molecular formula is C16H29N3O3S. The number of amides is 1. The number of rotatable bonds is 3. The van der Waals surface area contributed by atoms with Crippen molar-refractivity contribution in [1.29, 1.82) is 0 Å². The Hall–Kier alpha value is -0.660. The summed E-state index contributed by atoms with van der Waals surface area (Å²) in [6.07, 6.45) is 8.59. The first-order valence-corrected chi connectivity index (χ1v) is 10.5. The van der Waals surface area contributed by atoms with Crippen molar-refractivity contribution in [2.75, 3.05) is 39.3 Å². The van der Waals surface area contributed by atoms with Crippen molar-refractivity contribution in [3.63, 3.8) is 0 Å². The van der Waals surface area contributed by atoms with Gasteiger partial charge in [0.25, 0.3) is 10.2 Å². The van der Waals surface area contributed by atoms with E-state index in [1.165, 1.54) is 6.42 Å². The highest BCUT2D eigenvalue weighted by atomic mass is 32.2. The van der Waals surface area contributed by atoms with Crippen LogP contribution < -0.4 is 0 Å². The van der Waals surface area contributed by atoms with Gasteiger partial charge in [-0.05, 0) is 25.7 Å². The molecule has 6 nitrogen and oxygen atoms in total. The van der Waals surface area contributed by atoms with E-state index in [9.17, 15) is 13.2 Å². The van der Waals surface area contributed by atoms with Gasteiger partial charge in [-0.3, -0.25) is 4.79 Å². The molecule has 0 aromatic carbocycles. The summed E-state index contributed by atoms with van der Waals surface area (Å²) in [7, 11) is -3.33. The molecule has 0 N–H and O–H groups in total. The van der Waals surface area contributed by atoms with E-state index in [2.05, 4.69) is 0 Å². The molecule has 1 aliphatic carbocycles. The molecule has 2 saturated heterocycles. The zero-order valence-electron chi connectivity index (χ0n) is 14.0. The lowest BCUT2D eigenvalue weighted by Gasteiger charge is -2.39. The Morgan fingerprint density at radius 2 is 1.22 bits per heavy atom. The van der Waals surface area contributed by atoms with Crippen molar-refractivity contribution < 1.29 is 13.2 Å². The molecule has 0 bridgehead atoms. The highest BCUT2D eigenvalue weighted by Crippen LogP contribution is 2.26. The van der Waals surface area contributed by atoms with Crippen molar-refractivity contribution in [1.82, 2.24) is 13.5 Å². The molecule has 3 rings (SSSR count). The quantitative estimate of drug-likeness (QED) is 0.779. The van der Waals surface area contributed by atoms with Gasteiger partial charge in [-0.1, -0.05) is 25.7 Å². The summed E-state index contributed by atoms with van der Waals surface area (Å²) in [5, 5.41) is 0.